The minimum atomic E-state index is -0.0708. The highest BCUT2D eigenvalue weighted by atomic mass is 16.1. The first kappa shape index (κ1) is 11.7. The molecule has 2 rings (SSSR count). The zero-order valence-corrected chi connectivity index (χ0v) is 9.99. The van der Waals surface area contributed by atoms with Crippen LogP contribution in [0.1, 0.15) is 34.1 Å². The molecule has 3 heteroatoms. The molecule has 17 heavy (non-hydrogen) atoms. The number of carbonyl (C=O) groups is 2. The van der Waals surface area contributed by atoms with Gasteiger partial charge in [-0.05, 0) is 26.5 Å². The van der Waals surface area contributed by atoms with Crippen LogP contribution in [0.2, 0.25) is 0 Å². The number of ketones is 2. The molecule has 1 aromatic rings. The van der Waals surface area contributed by atoms with Gasteiger partial charge >= 0.3 is 0 Å². The summed E-state index contributed by atoms with van der Waals surface area (Å²) in [5, 5.41) is 3.07. The van der Waals surface area contributed by atoms with E-state index in [9.17, 15) is 9.59 Å². The van der Waals surface area contributed by atoms with E-state index < -0.39 is 0 Å². The van der Waals surface area contributed by atoms with Crippen molar-refractivity contribution in [2.75, 3.05) is 7.05 Å². The van der Waals surface area contributed by atoms with Crippen LogP contribution < -0.4 is 5.32 Å². The molecule has 0 saturated carbocycles. The minimum Gasteiger partial charge on any atom is -0.317 e. The average molecular weight is 229 g/mol. The van der Waals surface area contributed by atoms with E-state index in [1.54, 1.807) is 24.3 Å². The lowest BCUT2D eigenvalue weighted by Crippen LogP contribution is -2.26. The van der Waals surface area contributed by atoms with Crippen LogP contribution in [0.3, 0.4) is 0 Å². The fourth-order valence-corrected chi connectivity index (χ4v) is 1.95. The summed E-state index contributed by atoms with van der Waals surface area (Å²) in [5.74, 6) is -0.0965. The second kappa shape index (κ2) is 4.63. The summed E-state index contributed by atoms with van der Waals surface area (Å²) < 4.78 is 0. The van der Waals surface area contributed by atoms with Gasteiger partial charge in [-0.15, -0.1) is 0 Å². The smallest absolute Gasteiger partial charge is 0.189 e. The molecule has 0 bridgehead atoms. The molecule has 0 aliphatic heterocycles. The number of carbonyl (C=O) groups excluding carboxylic acids is 2. The van der Waals surface area contributed by atoms with Crippen molar-refractivity contribution in [3.63, 3.8) is 0 Å². The van der Waals surface area contributed by atoms with Crippen LogP contribution in [0.5, 0.6) is 0 Å². The first-order valence-corrected chi connectivity index (χ1v) is 5.69. The molecular formula is C14H15NO2. The Hall–Kier alpha value is -1.74. The van der Waals surface area contributed by atoms with Gasteiger partial charge in [0.15, 0.2) is 11.6 Å². The average Bonchev–Trinajstić information content (AvgIpc) is 2.35. The van der Waals surface area contributed by atoms with Crippen molar-refractivity contribution in [1.29, 1.82) is 0 Å². The lowest BCUT2D eigenvalue weighted by atomic mass is 9.87. The van der Waals surface area contributed by atoms with Gasteiger partial charge in [0.2, 0.25) is 0 Å². The van der Waals surface area contributed by atoms with Crippen LogP contribution in [0.4, 0.5) is 0 Å². The molecule has 3 nitrogen and oxygen atoms in total. The Kier molecular flexibility index (Phi) is 3.20. The third kappa shape index (κ3) is 2.19. The van der Waals surface area contributed by atoms with Gasteiger partial charge in [-0.2, -0.15) is 0 Å². The number of benzene rings is 1. The lowest BCUT2D eigenvalue weighted by Gasteiger charge is -2.17. The van der Waals surface area contributed by atoms with Crippen molar-refractivity contribution in [3.05, 3.63) is 47.0 Å². The summed E-state index contributed by atoms with van der Waals surface area (Å²) in [6.07, 6.45) is 2.05. The van der Waals surface area contributed by atoms with Gasteiger partial charge in [0.25, 0.3) is 0 Å². The molecule has 0 spiro atoms. The third-order valence-electron chi connectivity index (χ3n) is 3.05. The van der Waals surface area contributed by atoms with E-state index >= 15 is 0 Å². The SMILES string of the molecule is CNC(C)CC1=CC(=O)c2ccccc2C1=O. The maximum atomic E-state index is 12.2. The van der Waals surface area contributed by atoms with Crippen LogP contribution in [0, 0.1) is 0 Å². The van der Waals surface area contributed by atoms with Crippen molar-refractivity contribution in [3.8, 4) is 0 Å². The molecule has 1 atom stereocenters. The van der Waals surface area contributed by atoms with Crippen molar-refractivity contribution in [2.45, 2.75) is 19.4 Å². The zero-order chi connectivity index (χ0) is 12.4. The van der Waals surface area contributed by atoms with Crippen LogP contribution in [-0.2, 0) is 0 Å². The van der Waals surface area contributed by atoms with Gasteiger partial charge < -0.3 is 5.32 Å². The maximum Gasteiger partial charge on any atom is 0.189 e. The van der Waals surface area contributed by atoms with Crippen LogP contribution in [-0.4, -0.2) is 24.7 Å². The standard InChI is InChI=1S/C14H15NO2/c1-9(15-2)7-10-8-13(16)11-5-3-4-6-12(11)14(10)17/h3-6,8-9,15H,7H2,1-2H3. The van der Waals surface area contributed by atoms with E-state index in [4.69, 9.17) is 0 Å². The van der Waals surface area contributed by atoms with Gasteiger partial charge in [0.05, 0.1) is 0 Å². The molecule has 0 aromatic heterocycles. The molecule has 1 aliphatic carbocycles. The van der Waals surface area contributed by atoms with Crippen molar-refractivity contribution >= 4 is 11.6 Å². The highest BCUT2D eigenvalue weighted by molar-refractivity contribution is 6.24. The summed E-state index contributed by atoms with van der Waals surface area (Å²) >= 11 is 0. The summed E-state index contributed by atoms with van der Waals surface area (Å²) in [7, 11) is 1.84. The predicted octanol–water partition coefficient (Wildman–Crippen LogP) is 1.99. The topological polar surface area (TPSA) is 46.2 Å². The van der Waals surface area contributed by atoms with Gasteiger partial charge in [-0.1, -0.05) is 24.3 Å². The Morgan fingerprint density at radius 1 is 1.18 bits per heavy atom. The second-order valence-electron chi connectivity index (χ2n) is 4.30. The van der Waals surface area contributed by atoms with Crippen LogP contribution in [0.25, 0.3) is 0 Å². The fraction of sp³-hybridized carbons (Fsp3) is 0.286. The molecule has 1 unspecified atom stereocenters. The fourth-order valence-electron chi connectivity index (χ4n) is 1.95. The third-order valence-corrected chi connectivity index (χ3v) is 3.05. The maximum absolute atomic E-state index is 12.2. The summed E-state index contributed by atoms with van der Waals surface area (Å²) in [6, 6.07) is 7.16. The van der Waals surface area contributed by atoms with Crippen molar-refractivity contribution in [2.24, 2.45) is 0 Å². The quantitative estimate of drug-likeness (QED) is 0.862. The molecule has 1 aliphatic rings. The second-order valence-corrected chi connectivity index (χ2v) is 4.30. The minimum absolute atomic E-state index is 0.0256. The van der Waals surface area contributed by atoms with E-state index in [1.807, 2.05) is 14.0 Å². The summed E-state index contributed by atoms with van der Waals surface area (Å²) in [4.78, 5) is 24.0. The van der Waals surface area contributed by atoms with E-state index in [1.165, 1.54) is 6.08 Å². The number of allylic oxidation sites excluding steroid dienone is 1. The Balaban J connectivity index is 2.35. The van der Waals surface area contributed by atoms with E-state index in [-0.39, 0.29) is 17.6 Å². The van der Waals surface area contributed by atoms with Gasteiger partial charge in [0, 0.05) is 22.7 Å². The summed E-state index contributed by atoms with van der Waals surface area (Å²) in [5.41, 5.74) is 1.63. The molecule has 0 heterocycles. The monoisotopic (exact) mass is 229 g/mol. The molecule has 88 valence electrons. The predicted molar refractivity (Wildman–Crippen MR) is 66.3 cm³/mol. The summed E-state index contributed by atoms with van der Waals surface area (Å²) in [6.45, 7) is 1.99. The van der Waals surface area contributed by atoms with E-state index in [0.717, 1.165) is 0 Å². The van der Waals surface area contributed by atoms with E-state index in [0.29, 0.717) is 23.1 Å². The first-order valence-electron chi connectivity index (χ1n) is 5.69. The first-order chi connectivity index (χ1) is 8.13. The van der Waals surface area contributed by atoms with Crippen LogP contribution >= 0.6 is 0 Å². The molecule has 0 fully saturated rings. The molecule has 0 radical (unpaired) electrons. The number of hydrogen-bond donors (Lipinski definition) is 1. The Labute approximate surface area is 101 Å². The van der Waals surface area contributed by atoms with Gasteiger partial charge in [-0.25, -0.2) is 0 Å². The molecule has 1 aromatic carbocycles. The van der Waals surface area contributed by atoms with Gasteiger partial charge in [0.1, 0.15) is 0 Å². The molecule has 0 saturated heterocycles. The number of rotatable bonds is 3. The van der Waals surface area contributed by atoms with Gasteiger partial charge in [-0.3, -0.25) is 9.59 Å². The van der Waals surface area contributed by atoms with Crippen molar-refractivity contribution in [1.82, 2.24) is 5.32 Å². The Bertz CT molecular complexity index is 503. The van der Waals surface area contributed by atoms with Crippen LogP contribution in [0.15, 0.2) is 35.9 Å². The zero-order valence-electron chi connectivity index (χ0n) is 9.99. The Morgan fingerprint density at radius 2 is 1.82 bits per heavy atom. The largest absolute Gasteiger partial charge is 0.317 e. The number of fused-ring (bicyclic) bond motifs is 1. The van der Waals surface area contributed by atoms with Crippen molar-refractivity contribution < 1.29 is 9.59 Å². The highest BCUT2D eigenvalue weighted by Crippen LogP contribution is 2.23. The van der Waals surface area contributed by atoms with E-state index in [2.05, 4.69) is 5.32 Å². The highest BCUT2D eigenvalue weighted by Gasteiger charge is 2.25. The molecule has 1 N–H and O–H groups in total. The lowest BCUT2D eigenvalue weighted by molar-refractivity contribution is 0.0980. The normalized spacial score (nSPS) is 16.5. The molecular weight excluding hydrogens is 214 g/mol. The number of Topliss-reactive ketones (excluding diaryl/α,β-unsaturated/α-hetero) is 1. The number of nitrogens with one attached hydrogen (secondary N) is 1. The Morgan fingerprint density at radius 3 is 2.47 bits per heavy atom. The number of hydrogen-bond acceptors (Lipinski definition) is 3. The molecule has 0 amide bonds.